The zero-order valence-electron chi connectivity index (χ0n) is 20.0. The summed E-state index contributed by atoms with van der Waals surface area (Å²) in [6.45, 7) is 1.74. The third-order valence-electron chi connectivity index (χ3n) is 6.54. The standard InChI is InChI=1S/C28H28O8/c1-16-6-5-9-20(29)8-4-2-3-7-19-14-22-25(26(31)24(19)28(34)35-16)21(15-23(30)36-22)17-10-12-18(13-11-17)27(32)33/h3,7,10-14,16,21,31H,2,4-6,8-9,15H2,1H3,(H,32,33)/b7-3+. The molecule has 4 rings (SSSR count). The highest BCUT2D eigenvalue weighted by Crippen LogP contribution is 2.47. The van der Waals surface area contributed by atoms with Gasteiger partial charge in [0.25, 0.3) is 0 Å². The molecule has 2 aliphatic heterocycles. The van der Waals surface area contributed by atoms with E-state index in [0.717, 1.165) is 0 Å². The van der Waals surface area contributed by atoms with Crippen molar-refractivity contribution in [2.75, 3.05) is 0 Å². The molecule has 0 bridgehead atoms. The number of hydrogen-bond donors (Lipinski definition) is 2. The van der Waals surface area contributed by atoms with Crippen molar-refractivity contribution in [2.24, 2.45) is 0 Å². The Bertz CT molecular complexity index is 1230. The van der Waals surface area contributed by atoms with Crippen molar-refractivity contribution in [3.8, 4) is 11.5 Å². The molecule has 0 aliphatic carbocycles. The average molecular weight is 493 g/mol. The first-order chi connectivity index (χ1) is 17.2. The number of carbonyl (C=O) groups is 4. The Kier molecular flexibility index (Phi) is 7.52. The number of carboxylic acid groups (broad SMARTS) is 1. The van der Waals surface area contributed by atoms with Crippen LogP contribution in [0.15, 0.2) is 36.4 Å². The van der Waals surface area contributed by atoms with Crippen LogP contribution in [0.3, 0.4) is 0 Å². The number of phenols is 1. The number of aromatic hydroxyl groups is 1. The second-order valence-corrected chi connectivity index (χ2v) is 9.20. The highest BCUT2D eigenvalue weighted by Gasteiger charge is 2.35. The van der Waals surface area contributed by atoms with Crippen molar-refractivity contribution in [3.63, 3.8) is 0 Å². The molecule has 2 atom stereocenters. The molecule has 2 unspecified atom stereocenters. The number of rotatable bonds is 2. The second kappa shape index (κ2) is 10.8. The Hall–Kier alpha value is -3.94. The van der Waals surface area contributed by atoms with E-state index in [1.54, 1.807) is 31.2 Å². The summed E-state index contributed by atoms with van der Waals surface area (Å²) in [7, 11) is 0. The normalized spacial score (nSPS) is 21.9. The molecule has 2 N–H and O–H groups in total. The summed E-state index contributed by atoms with van der Waals surface area (Å²) in [5.41, 5.74) is 1.31. The van der Waals surface area contributed by atoms with Crippen LogP contribution in [0.4, 0.5) is 0 Å². The number of allylic oxidation sites excluding steroid dienone is 1. The lowest BCUT2D eigenvalue weighted by Gasteiger charge is -2.27. The van der Waals surface area contributed by atoms with Crippen LogP contribution in [0.25, 0.3) is 6.08 Å². The zero-order chi connectivity index (χ0) is 25.8. The quantitative estimate of drug-likeness (QED) is 0.442. The highest BCUT2D eigenvalue weighted by molar-refractivity contribution is 5.98. The van der Waals surface area contributed by atoms with Crippen LogP contribution in [0, 0.1) is 0 Å². The molecule has 0 amide bonds. The largest absolute Gasteiger partial charge is 0.507 e. The highest BCUT2D eigenvalue weighted by atomic mass is 16.5. The number of carbonyl (C=O) groups excluding carboxylic acids is 3. The molecule has 8 heteroatoms. The van der Waals surface area contributed by atoms with Gasteiger partial charge >= 0.3 is 17.9 Å². The molecule has 8 nitrogen and oxygen atoms in total. The van der Waals surface area contributed by atoms with Gasteiger partial charge in [-0.15, -0.1) is 0 Å². The van der Waals surface area contributed by atoms with Crippen LogP contribution < -0.4 is 4.74 Å². The summed E-state index contributed by atoms with van der Waals surface area (Å²) in [6.07, 6.45) is 6.25. The predicted molar refractivity (Wildman–Crippen MR) is 130 cm³/mol. The lowest BCUT2D eigenvalue weighted by molar-refractivity contribution is -0.135. The monoisotopic (exact) mass is 492 g/mol. The number of cyclic esters (lactones) is 1. The number of fused-ring (bicyclic) bond motifs is 2. The second-order valence-electron chi connectivity index (χ2n) is 9.20. The average Bonchev–Trinajstić information content (AvgIpc) is 2.82. The minimum Gasteiger partial charge on any atom is -0.507 e. The maximum atomic E-state index is 13.2. The van der Waals surface area contributed by atoms with E-state index >= 15 is 0 Å². The summed E-state index contributed by atoms with van der Waals surface area (Å²) in [6, 6.07) is 7.57. The third-order valence-corrected chi connectivity index (χ3v) is 6.54. The number of hydrogen-bond acceptors (Lipinski definition) is 7. The number of aromatic carboxylic acids is 1. The Balaban J connectivity index is 1.80. The minimum atomic E-state index is -1.08. The molecule has 0 aromatic heterocycles. The minimum absolute atomic E-state index is 0.0184. The van der Waals surface area contributed by atoms with Crippen LogP contribution in [0.1, 0.15) is 95.2 Å². The fourth-order valence-corrected chi connectivity index (χ4v) is 4.66. The van der Waals surface area contributed by atoms with Crippen molar-refractivity contribution < 1.29 is 38.9 Å². The lowest BCUT2D eigenvalue weighted by atomic mass is 9.83. The molecule has 0 spiro atoms. The topological polar surface area (TPSA) is 127 Å². The molecule has 2 aliphatic rings. The molecule has 0 fully saturated rings. The molecule has 188 valence electrons. The van der Waals surface area contributed by atoms with E-state index in [0.29, 0.717) is 49.7 Å². The van der Waals surface area contributed by atoms with Gasteiger partial charge in [0.2, 0.25) is 0 Å². The predicted octanol–water partition coefficient (Wildman–Crippen LogP) is 5.01. The Morgan fingerprint density at radius 3 is 2.50 bits per heavy atom. The molecular weight excluding hydrogens is 464 g/mol. The summed E-state index contributed by atoms with van der Waals surface area (Å²) in [5.74, 6) is -2.94. The van der Waals surface area contributed by atoms with E-state index in [-0.39, 0.29) is 40.4 Å². The van der Waals surface area contributed by atoms with Gasteiger partial charge in [-0.2, -0.15) is 0 Å². The molecule has 2 aromatic carbocycles. The third kappa shape index (κ3) is 5.48. The summed E-state index contributed by atoms with van der Waals surface area (Å²) >= 11 is 0. The molecule has 36 heavy (non-hydrogen) atoms. The first-order valence-corrected chi connectivity index (χ1v) is 12.1. The van der Waals surface area contributed by atoms with Crippen molar-refractivity contribution in [1.29, 1.82) is 0 Å². The number of esters is 2. The van der Waals surface area contributed by atoms with E-state index in [1.165, 1.54) is 12.1 Å². The first kappa shape index (κ1) is 25.2. The van der Waals surface area contributed by atoms with E-state index in [2.05, 4.69) is 0 Å². The number of benzene rings is 2. The molecular formula is C28H28O8. The van der Waals surface area contributed by atoms with Crippen LogP contribution in [-0.4, -0.2) is 40.0 Å². The number of ether oxygens (including phenoxy) is 2. The van der Waals surface area contributed by atoms with E-state index in [4.69, 9.17) is 9.47 Å². The van der Waals surface area contributed by atoms with Crippen molar-refractivity contribution >= 4 is 29.8 Å². The van der Waals surface area contributed by atoms with Gasteiger partial charge in [-0.1, -0.05) is 24.3 Å². The van der Waals surface area contributed by atoms with E-state index in [9.17, 15) is 29.4 Å². The van der Waals surface area contributed by atoms with Gasteiger partial charge in [0.05, 0.1) is 18.1 Å². The lowest BCUT2D eigenvalue weighted by Crippen LogP contribution is -2.23. The van der Waals surface area contributed by atoms with Gasteiger partial charge in [0.15, 0.2) is 0 Å². The summed E-state index contributed by atoms with van der Waals surface area (Å²) in [4.78, 5) is 48.9. The zero-order valence-corrected chi connectivity index (χ0v) is 20.0. The smallest absolute Gasteiger partial charge is 0.342 e. The molecule has 2 aromatic rings. The van der Waals surface area contributed by atoms with Gasteiger partial charge in [-0.05, 0) is 61.9 Å². The van der Waals surface area contributed by atoms with Crippen LogP contribution in [0.5, 0.6) is 11.5 Å². The fourth-order valence-electron chi connectivity index (χ4n) is 4.66. The van der Waals surface area contributed by atoms with Gasteiger partial charge in [-0.25, -0.2) is 9.59 Å². The molecule has 0 saturated heterocycles. The maximum absolute atomic E-state index is 13.2. The molecule has 0 radical (unpaired) electrons. The number of carboxylic acids is 1. The number of ketones is 1. The van der Waals surface area contributed by atoms with Crippen LogP contribution in [-0.2, 0) is 14.3 Å². The Morgan fingerprint density at radius 1 is 1.06 bits per heavy atom. The Labute approximate surface area is 208 Å². The van der Waals surface area contributed by atoms with Crippen LogP contribution in [0.2, 0.25) is 0 Å². The number of Topliss-reactive ketones (excluding diaryl/α,β-unsaturated/α-hetero) is 1. The van der Waals surface area contributed by atoms with Gasteiger partial charge < -0.3 is 19.7 Å². The summed E-state index contributed by atoms with van der Waals surface area (Å²) < 4.78 is 11.1. The molecule has 2 heterocycles. The molecule has 0 saturated carbocycles. The first-order valence-electron chi connectivity index (χ1n) is 12.1. The van der Waals surface area contributed by atoms with Crippen molar-refractivity contribution in [3.05, 3.63) is 64.2 Å². The van der Waals surface area contributed by atoms with Crippen molar-refractivity contribution in [1.82, 2.24) is 0 Å². The maximum Gasteiger partial charge on any atom is 0.342 e. The van der Waals surface area contributed by atoms with E-state index in [1.807, 2.05) is 6.08 Å². The van der Waals surface area contributed by atoms with Crippen molar-refractivity contribution in [2.45, 2.75) is 63.9 Å². The SMILES string of the molecule is CC1CCCC(=O)CCC/C=C/c2cc3c(c(O)c2C(=O)O1)C(c1ccc(C(=O)O)cc1)CC(=O)O3. The fraction of sp³-hybridized carbons (Fsp3) is 0.357. The summed E-state index contributed by atoms with van der Waals surface area (Å²) in [5, 5.41) is 20.6. The number of phenolic OH excluding ortho intramolecular Hbond substituents is 1. The van der Waals surface area contributed by atoms with Gasteiger partial charge in [-0.3, -0.25) is 9.59 Å². The van der Waals surface area contributed by atoms with Gasteiger partial charge in [0, 0.05) is 24.3 Å². The van der Waals surface area contributed by atoms with Gasteiger partial charge in [0.1, 0.15) is 22.8 Å². The van der Waals surface area contributed by atoms with E-state index < -0.39 is 29.9 Å². The van der Waals surface area contributed by atoms with Crippen LogP contribution >= 0.6 is 0 Å². The Morgan fingerprint density at radius 2 is 1.78 bits per heavy atom.